The maximum absolute atomic E-state index is 12.6. The third-order valence-corrected chi connectivity index (χ3v) is 5.54. The van der Waals surface area contributed by atoms with Gasteiger partial charge in [0.25, 0.3) is 5.91 Å². The first-order valence-electron chi connectivity index (χ1n) is 9.27. The lowest BCUT2D eigenvalue weighted by atomic mass is 9.86. The number of nitrogens with zero attached hydrogens (tertiary/aromatic N) is 1. The number of aromatic nitrogens is 1. The Morgan fingerprint density at radius 2 is 1.64 bits per heavy atom. The standard InChI is InChI=1S/C24H22N2OS/c1-24(2,3)20-12-10-17(11-13-20)21-15-28-23(25-21)26-22(27)19-9-8-16-6-4-5-7-18(16)14-19/h4-15H,1-3H3,(H,25,26,27). The summed E-state index contributed by atoms with van der Waals surface area (Å²) in [6.45, 7) is 6.60. The summed E-state index contributed by atoms with van der Waals surface area (Å²) in [7, 11) is 0. The first-order valence-corrected chi connectivity index (χ1v) is 10.1. The Bertz CT molecular complexity index is 1140. The molecule has 1 aromatic heterocycles. The van der Waals surface area contributed by atoms with Crippen LogP contribution in [0.15, 0.2) is 72.1 Å². The molecule has 1 amide bonds. The van der Waals surface area contributed by atoms with Crippen LogP contribution in [0.2, 0.25) is 0 Å². The lowest BCUT2D eigenvalue weighted by Gasteiger charge is -2.18. The Morgan fingerprint density at radius 1 is 0.929 bits per heavy atom. The molecule has 1 heterocycles. The minimum Gasteiger partial charge on any atom is -0.298 e. The molecule has 28 heavy (non-hydrogen) atoms. The average Bonchev–Trinajstić information content (AvgIpc) is 3.15. The zero-order valence-electron chi connectivity index (χ0n) is 16.2. The molecule has 0 unspecified atom stereocenters. The summed E-state index contributed by atoms with van der Waals surface area (Å²) in [6, 6.07) is 22.2. The monoisotopic (exact) mass is 386 g/mol. The molecule has 0 bridgehead atoms. The molecule has 0 aliphatic rings. The predicted octanol–water partition coefficient (Wildman–Crippen LogP) is 6.51. The van der Waals surface area contributed by atoms with E-state index in [0.29, 0.717) is 10.7 Å². The van der Waals surface area contributed by atoms with Gasteiger partial charge in [-0.15, -0.1) is 11.3 Å². The van der Waals surface area contributed by atoms with Gasteiger partial charge in [-0.05, 0) is 33.9 Å². The molecule has 3 nitrogen and oxygen atoms in total. The summed E-state index contributed by atoms with van der Waals surface area (Å²) < 4.78 is 0. The third kappa shape index (κ3) is 3.82. The molecule has 140 valence electrons. The van der Waals surface area contributed by atoms with Gasteiger partial charge in [0.1, 0.15) is 0 Å². The van der Waals surface area contributed by atoms with E-state index in [-0.39, 0.29) is 11.3 Å². The first-order chi connectivity index (χ1) is 13.4. The molecule has 0 aliphatic carbocycles. The molecule has 0 atom stereocenters. The van der Waals surface area contributed by atoms with Crippen molar-refractivity contribution in [3.63, 3.8) is 0 Å². The van der Waals surface area contributed by atoms with Gasteiger partial charge in [0.15, 0.2) is 5.13 Å². The van der Waals surface area contributed by atoms with Gasteiger partial charge in [-0.25, -0.2) is 4.98 Å². The molecular formula is C24H22N2OS. The van der Waals surface area contributed by atoms with E-state index in [4.69, 9.17) is 0 Å². The molecule has 4 rings (SSSR count). The summed E-state index contributed by atoms with van der Waals surface area (Å²) in [5.74, 6) is -0.144. The van der Waals surface area contributed by atoms with Gasteiger partial charge in [-0.3, -0.25) is 10.1 Å². The van der Waals surface area contributed by atoms with Crippen LogP contribution in [0.25, 0.3) is 22.0 Å². The Balaban J connectivity index is 1.51. The summed E-state index contributed by atoms with van der Waals surface area (Å²) >= 11 is 1.44. The van der Waals surface area contributed by atoms with E-state index in [1.165, 1.54) is 16.9 Å². The van der Waals surface area contributed by atoms with Crippen molar-refractivity contribution in [1.29, 1.82) is 0 Å². The van der Waals surface area contributed by atoms with Crippen LogP contribution < -0.4 is 5.32 Å². The largest absolute Gasteiger partial charge is 0.298 e. The van der Waals surface area contributed by atoms with Gasteiger partial charge in [-0.1, -0.05) is 75.4 Å². The van der Waals surface area contributed by atoms with E-state index in [9.17, 15) is 4.79 Å². The minimum atomic E-state index is -0.144. The molecular weight excluding hydrogens is 364 g/mol. The van der Waals surface area contributed by atoms with E-state index < -0.39 is 0 Å². The van der Waals surface area contributed by atoms with Crippen molar-refractivity contribution in [3.8, 4) is 11.3 Å². The number of nitrogens with one attached hydrogen (secondary N) is 1. The van der Waals surface area contributed by atoms with Gasteiger partial charge in [0.2, 0.25) is 0 Å². The molecule has 0 aliphatic heterocycles. The van der Waals surface area contributed by atoms with E-state index in [1.807, 2.05) is 47.8 Å². The van der Waals surface area contributed by atoms with Gasteiger partial charge in [0, 0.05) is 16.5 Å². The van der Waals surface area contributed by atoms with Crippen molar-refractivity contribution in [3.05, 3.63) is 83.2 Å². The zero-order valence-corrected chi connectivity index (χ0v) is 17.0. The van der Waals surface area contributed by atoms with E-state index >= 15 is 0 Å². The number of fused-ring (bicyclic) bond motifs is 1. The van der Waals surface area contributed by atoms with Gasteiger partial charge in [0.05, 0.1) is 5.69 Å². The highest BCUT2D eigenvalue weighted by molar-refractivity contribution is 7.14. The third-order valence-electron chi connectivity index (χ3n) is 4.78. The number of carbonyl (C=O) groups is 1. The van der Waals surface area contributed by atoms with Gasteiger partial charge in [-0.2, -0.15) is 0 Å². The fraction of sp³-hybridized carbons (Fsp3) is 0.167. The van der Waals surface area contributed by atoms with E-state index in [1.54, 1.807) is 0 Å². The van der Waals surface area contributed by atoms with Crippen LogP contribution in [0.5, 0.6) is 0 Å². The molecule has 0 fully saturated rings. The van der Waals surface area contributed by atoms with Crippen molar-refractivity contribution in [2.45, 2.75) is 26.2 Å². The predicted molar refractivity (Wildman–Crippen MR) is 118 cm³/mol. The number of carbonyl (C=O) groups excluding carboxylic acids is 1. The maximum atomic E-state index is 12.6. The normalized spacial score (nSPS) is 11.5. The highest BCUT2D eigenvalue weighted by Crippen LogP contribution is 2.28. The zero-order chi connectivity index (χ0) is 19.7. The van der Waals surface area contributed by atoms with Crippen LogP contribution in [0.1, 0.15) is 36.7 Å². The lowest BCUT2D eigenvalue weighted by Crippen LogP contribution is -2.11. The fourth-order valence-corrected chi connectivity index (χ4v) is 3.82. The second kappa shape index (κ2) is 7.21. The maximum Gasteiger partial charge on any atom is 0.257 e. The summed E-state index contributed by atoms with van der Waals surface area (Å²) in [5, 5.41) is 7.67. The molecule has 4 aromatic rings. The van der Waals surface area contributed by atoms with Crippen LogP contribution in [0.3, 0.4) is 0 Å². The molecule has 1 N–H and O–H groups in total. The Kier molecular flexibility index (Phi) is 4.73. The van der Waals surface area contributed by atoms with Crippen LogP contribution in [-0.4, -0.2) is 10.9 Å². The lowest BCUT2D eigenvalue weighted by molar-refractivity contribution is 0.102. The van der Waals surface area contributed by atoms with Crippen LogP contribution in [-0.2, 0) is 5.41 Å². The summed E-state index contributed by atoms with van der Waals surface area (Å²) in [4.78, 5) is 17.2. The first kappa shape index (κ1) is 18.4. The molecule has 0 radical (unpaired) electrons. The Hall–Kier alpha value is -2.98. The number of rotatable bonds is 3. The number of amides is 1. The minimum absolute atomic E-state index is 0.125. The van der Waals surface area contributed by atoms with Crippen molar-refractivity contribution in [2.75, 3.05) is 5.32 Å². The highest BCUT2D eigenvalue weighted by Gasteiger charge is 2.14. The number of benzene rings is 3. The van der Waals surface area contributed by atoms with Crippen molar-refractivity contribution in [1.82, 2.24) is 4.98 Å². The second-order valence-electron chi connectivity index (χ2n) is 7.88. The van der Waals surface area contributed by atoms with Crippen molar-refractivity contribution in [2.24, 2.45) is 0 Å². The number of hydrogen-bond acceptors (Lipinski definition) is 3. The number of thiazole rings is 1. The van der Waals surface area contributed by atoms with E-state index in [0.717, 1.165) is 22.0 Å². The molecule has 0 saturated heterocycles. The molecule has 0 spiro atoms. The van der Waals surface area contributed by atoms with Gasteiger partial charge < -0.3 is 0 Å². The number of hydrogen-bond donors (Lipinski definition) is 1. The number of anilines is 1. The quantitative estimate of drug-likeness (QED) is 0.436. The molecule has 4 heteroatoms. The average molecular weight is 387 g/mol. The molecule has 3 aromatic carbocycles. The Labute approximate surface area is 169 Å². The Morgan fingerprint density at radius 3 is 2.36 bits per heavy atom. The van der Waals surface area contributed by atoms with E-state index in [2.05, 4.69) is 55.3 Å². The molecule has 0 saturated carbocycles. The summed E-state index contributed by atoms with van der Waals surface area (Å²) in [5.41, 5.74) is 3.97. The smallest absolute Gasteiger partial charge is 0.257 e. The van der Waals surface area contributed by atoms with Crippen LogP contribution in [0.4, 0.5) is 5.13 Å². The van der Waals surface area contributed by atoms with Crippen LogP contribution in [0, 0.1) is 0 Å². The van der Waals surface area contributed by atoms with Crippen molar-refractivity contribution >= 4 is 33.1 Å². The van der Waals surface area contributed by atoms with Crippen molar-refractivity contribution < 1.29 is 4.79 Å². The SMILES string of the molecule is CC(C)(C)c1ccc(-c2csc(NC(=O)c3ccc4ccccc4c3)n2)cc1. The highest BCUT2D eigenvalue weighted by atomic mass is 32.1. The van der Waals surface area contributed by atoms with Gasteiger partial charge >= 0.3 is 0 Å². The van der Waals surface area contributed by atoms with Crippen LogP contribution >= 0.6 is 11.3 Å². The topological polar surface area (TPSA) is 42.0 Å². The fourth-order valence-electron chi connectivity index (χ4n) is 3.10. The summed E-state index contributed by atoms with van der Waals surface area (Å²) in [6.07, 6.45) is 0. The second-order valence-corrected chi connectivity index (χ2v) is 8.74.